The molecule has 1 amide bonds. The highest BCUT2D eigenvalue weighted by atomic mass is 16.3. The molecule has 2 aromatic heterocycles. The standard InChI is InChI=1S/C24H27N7O2/c1-2-26-12-13-27-18-3-5-19(6-4-18)29-24-28-11-8-20(30-24)21-15-17-9-14-31(16-22(17)33-21)23(32)7-10-25/h3-6,8,11,15,26-27H,2,7,9,12-14,16H2,1H3,(H,28,29,30). The van der Waals surface area contributed by atoms with Crippen molar-refractivity contribution in [3.05, 3.63) is 53.9 Å². The number of carbonyl (C=O) groups excluding carboxylic acids is 1. The van der Waals surface area contributed by atoms with E-state index < -0.39 is 0 Å². The lowest BCUT2D eigenvalue weighted by atomic mass is 10.1. The lowest BCUT2D eigenvalue weighted by molar-refractivity contribution is -0.131. The summed E-state index contributed by atoms with van der Waals surface area (Å²) in [6.45, 7) is 5.80. The molecule has 1 aromatic carbocycles. The highest BCUT2D eigenvalue weighted by molar-refractivity contribution is 5.78. The smallest absolute Gasteiger partial charge is 0.237 e. The fourth-order valence-corrected chi connectivity index (χ4v) is 3.67. The Bertz CT molecular complexity index is 1130. The summed E-state index contributed by atoms with van der Waals surface area (Å²) < 4.78 is 6.02. The largest absolute Gasteiger partial charge is 0.457 e. The number of nitrogens with one attached hydrogen (secondary N) is 3. The average Bonchev–Trinajstić information content (AvgIpc) is 3.27. The number of rotatable bonds is 9. The van der Waals surface area contributed by atoms with Crippen molar-refractivity contribution in [2.24, 2.45) is 0 Å². The molecule has 9 heteroatoms. The second-order valence-corrected chi connectivity index (χ2v) is 7.71. The van der Waals surface area contributed by atoms with Gasteiger partial charge in [0.05, 0.1) is 12.6 Å². The van der Waals surface area contributed by atoms with E-state index in [0.717, 1.165) is 42.3 Å². The van der Waals surface area contributed by atoms with E-state index in [-0.39, 0.29) is 12.3 Å². The molecule has 3 heterocycles. The van der Waals surface area contributed by atoms with E-state index in [1.165, 1.54) is 0 Å². The number of amides is 1. The molecule has 0 aliphatic carbocycles. The van der Waals surface area contributed by atoms with Crippen LogP contribution in [0, 0.1) is 11.3 Å². The summed E-state index contributed by atoms with van der Waals surface area (Å²) >= 11 is 0. The average molecular weight is 446 g/mol. The molecule has 0 saturated carbocycles. The molecule has 170 valence electrons. The molecule has 0 fully saturated rings. The molecule has 0 bridgehead atoms. The van der Waals surface area contributed by atoms with Crippen molar-refractivity contribution in [3.63, 3.8) is 0 Å². The monoisotopic (exact) mass is 445 g/mol. The van der Waals surface area contributed by atoms with Crippen LogP contribution in [-0.4, -0.2) is 47.0 Å². The molecule has 0 radical (unpaired) electrons. The van der Waals surface area contributed by atoms with E-state index in [1.807, 2.05) is 36.4 Å². The maximum absolute atomic E-state index is 12.0. The third-order valence-electron chi connectivity index (χ3n) is 5.40. The Hall–Kier alpha value is -3.90. The Morgan fingerprint density at radius 1 is 1.21 bits per heavy atom. The van der Waals surface area contributed by atoms with E-state index in [2.05, 4.69) is 32.8 Å². The summed E-state index contributed by atoms with van der Waals surface area (Å²) in [5.74, 6) is 1.68. The van der Waals surface area contributed by atoms with Gasteiger partial charge in [-0.3, -0.25) is 4.79 Å². The zero-order valence-corrected chi connectivity index (χ0v) is 18.6. The molecule has 3 aromatic rings. The SMILES string of the molecule is CCNCCNc1ccc(Nc2nccc(-c3cc4c(o3)CN(C(=O)CC#N)CC4)n2)cc1. The Kier molecular flexibility index (Phi) is 7.17. The minimum atomic E-state index is -0.173. The van der Waals surface area contributed by atoms with Crippen LogP contribution in [0.3, 0.4) is 0 Å². The summed E-state index contributed by atoms with van der Waals surface area (Å²) in [5, 5.41) is 18.6. The van der Waals surface area contributed by atoms with Gasteiger partial charge in [0.15, 0.2) is 5.76 Å². The third kappa shape index (κ3) is 5.67. The molecular weight excluding hydrogens is 418 g/mol. The van der Waals surface area contributed by atoms with Crippen molar-refractivity contribution in [3.8, 4) is 17.5 Å². The van der Waals surface area contributed by atoms with Crippen LogP contribution >= 0.6 is 0 Å². The molecule has 0 spiro atoms. The molecule has 0 atom stereocenters. The number of nitrogens with zero attached hydrogens (tertiary/aromatic N) is 4. The molecule has 0 unspecified atom stereocenters. The van der Waals surface area contributed by atoms with Crippen LogP contribution in [0.5, 0.6) is 0 Å². The van der Waals surface area contributed by atoms with E-state index in [9.17, 15) is 4.79 Å². The first-order chi connectivity index (χ1) is 16.2. The Morgan fingerprint density at radius 2 is 2.03 bits per heavy atom. The van der Waals surface area contributed by atoms with E-state index >= 15 is 0 Å². The van der Waals surface area contributed by atoms with Crippen molar-refractivity contribution >= 4 is 23.2 Å². The van der Waals surface area contributed by atoms with Crippen molar-refractivity contribution < 1.29 is 9.21 Å². The van der Waals surface area contributed by atoms with Gasteiger partial charge in [-0.05, 0) is 54.9 Å². The van der Waals surface area contributed by atoms with E-state index in [1.54, 1.807) is 17.2 Å². The first kappa shape index (κ1) is 22.3. The third-order valence-corrected chi connectivity index (χ3v) is 5.40. The van der Waals surface area contributed by atoms with Crippen LogP contribution in [0.2, 0.25) is 0 Å². The normalized spacial score (nSPS) is 12.7. The zero-order valence-electron chi connectivity index (χ0n) is 18.6. The molecule has 9 nitrogen and oxygen atoms in total. The van der Waals surface area contributed by atoms with Gasteiger partial charge in [-0.15, -0.1) is 0 Å². The second kappa shape index (κ2) is 10.6. The number of anilines is 3. The first-order valence-corrected chi connectivity index (χ1v) is 11.1. The number of benzene rings is 1. The van der Waals surface area contributed by atoms with E-state index in [4.69, 9.17) is 9.68 Å². The minimum absolute atomic E-state index is 0.114. The summed E-state index contributed by atoms with van der Waals surface area (Å²) in [7, 11) is 0. The van der Waals surface area contributed by atoms with Gasteiger partial charge in [-0.2, -0.15) is 5.26 Å². The lowest BCUT2D eigenvalue weighted by Crippen LogP contribution is -2.35. The summed E-state index contributed by atoms with van der Waals surface area (Å²) in [4.78, 5) is 22.6. The molecule has 3 N–H and O–H groups in total. The van der Waals surface area contributed by atoms with Crippen LogP contribution < -0.4 is 16.0 Å². The fraction of sp³-hybridized carbons (Fsp3) is 0.333. The number of hydrogen-bond acceptors (Lipinski definition) is 8. The summed E-state index contributed by atoms with van der Waals surface area (Å²) in [6.07, 6.45) is 2.27. The van der Waals surface area contributed by atoms with E-state index in [0.29, 0.717) is 36.9 Å². The number of nitriles is 1. The number of likely N-dealkylation sites (N-methyl/N-ethyl adjacent to an activating group) is 1. The molecular formula is C24H27N7O2. The second-order valence-electron chi connectivity index (χ2n) is 7.71. The van der Waals surface area contributed by atoms with Crippen LogP contribution in [0.25, 0.3) is 11.5 Å². The van der Waals surface area contributed by atoms with Gasteiger partial charge < -0.3 is 25.3 Å². The van der Waals surface area contributed by atoms with Crippen LogP contribution in [0.4, 0.5) is 17.3 Å². The topological polar surface area (TPSA) is 119 Å². The fourth-order valence-electron chi connectivity index (χ4n) is 3.67. The van der Waals surface area contributed by atoms with Crippen LogP contribution in [0.15, 0.2) is 47.0 Å². The molecule has 4 rings (SSSR count). The van der Waals surface area contributed by atoms with Gasteiger partial charge in [0, 0.05) is 37.2 Å². The summed E-state index contributed by atoms with van der Waals surface area (Å²) in [5.41, 5.74) is 3.67. The highest BCUT2D eigenvalue weighted by Gasteiger charge is 2.24. The predicted molar refractivity (Wildman–Crippen MR) is 126 cm³/mol. The maximum atomic E-state index is 12.0. The number of aromatic nitrogens is 2. The zero-order chi connectivity index (χ0) is 23.0. The number of furan rings is 1. The maximum Gasteiger partial charge on any atom is 0.237 e. The van der Waals surface area contributed by atoms with Gasteiger partial charge in [0.2, 0.25) is 11.9 Å². The van der Waals surface area contributed by atoms with Gasteiger partial charge >= 0.3 is 0 Å². The van der Waals surface area contributed by atoms with Crippen molar-refractivity contribution in [1.29, 1.82) is 5.26 Å². The van der Waals surface area contributed by atoms with Crippen molar-refractivity contribution in [2.75, 3.05) is 36.8 Å². The molecule has 0 saturated heterocycles. The predicted octanol–water partition coefficient (Wildman–Crippen LogP) is 3.30. The molecule has 33 heavy (non-hydrogen) atoms. The quantitative estimate of drug-likeness (QED) is 0.429. The van der Waals surface area contributed by atoms with Gasteiger partial charge in [0.1, 0.15) is 17.9 Å². The van der Waals surface area contributed by atoms with Crippen molar-refractivity contribution in [1.82, 2.24) is 20.2 Å². The lowest BCUT2D eigenvalue weighted by Gasteiger charge is -2.25. The molecule has 1 aliphatic heterocycles. The van der Waals surface area contributed by atoms with Crippen molar-refractivity contribution in [2.45, 2.75) is 26.3 Å². The summed E-state index contributed by atoms with van der Waals surface area (Å²) in [6, 6.07) is 13.7. The number of hydrogen-bond donors (Lipinski definition) is 3. The van der Waals surface area contributed by atoms with Gasteiger partial charge in [-0.25, -0.2) is 9.97 Å². The first-order valence-electron chi connectivity index (χ1n) is 11.1. The Labute approximate surface area is 192 Å². The van der Waals surface area contributed by atoms with Gasteiger partial charge in [-0.1, -0.05) is 6.92 Å². The molecule has 1 aliphatic rings. The van der Waals surface area contributed by atoms with Gasteiger partial charge in [0.25, 0.3) is 0 Å². The number of carbonyl (C=O) groups is 1. The van der Waals surface area contributed by atoms with Crippen LogP contribution in [0.1, 0.15) is 24.7 Å². The highest BCUT2D eigenvalue weighted by Crippen LogP contribution is 2.29. The minimum Gasteiger partial charge on any atom is -0.457 e. The Balaban J connectivity index is 1.41. The Morgan fingerprint density at radius 3 is 2.82 bits per heavy atom. The number of fused-ring (bicyclic) bond motifs is 1. The van der Waals surface area contributed by atoms with Crippen LogP contribution in [-0.2, 0) is 17.8 Å².